The number of halogens is 5. The minimum atomic E-state index is -4.49. The monoisotopic (exact) mass is 634 g/mol. The molecule has 0 bridgehead atoms. The SMILES string of the molecule is CC(C)(OCCc1cn2ncc(CN3CC(F)(F)CNC3=O)cc2n1)C(F)(F)F.CNC(=O)c1ccnn1C(C)C.COC. The van der Waals surface area contributed by atoms with E-state index in [9.17, 15) is 31.5 Å². The van der Waals surface area contributed by atoms with Crippen LogP contribution in [0.15, 0.2) is 30.7 Å². The third-order valence-corrected chi connectivity index (χ3v) is 6.13. The van der Waals surface area contributed by atoms with Gasteiger partial charge in [0, 0.05) is 46.5 Å². The van der Waals surface area contributed by atoms with Gasteiger partial charge in [-0.1, -0.05) is 0 Å². The molecule has 3 amide bonds. The largest absolute Gasteiger partial charge is 0.416 e. The molecule has 0 aromatic carbocycles. The number of imidazole rings is 1. The molecule has 3 aromatic rings. The summed E-state index contributed by atoms with van der Waals surface area (Å²) in [4.78, 5) is 28.2. The highest BCUT2D eigenvalue weighted by Gasteiger charge is 2.48. The minimum Gasteiger partial charge on any atom is -0.388 e. The van der Waals surface area contributed by atoms with Crippen LogP contribution in [0.2, 0.25) is 0 Å². The molecule has 2 N–H and O–H groups in total. The summed E-state index contributed by atoms with van der Waals surface area (Å²) in [5.74, 6) is -3.11. The minimum absolute atomic E-state index is 0.0734. The van der Waals surface area contributed by atoms with Crippen molar-refractivity contribution < 1.29 is 41.0 Å². The van der Waals surface area contributed by atoms with Gasteiger partial charge in [-0.2, -0.15) is 23.4 Å². The Morgan fingerprint density at radius 2 is 1.86 bits per heavy atom. The van der Waals surface area contributed by atoms with Crippen molar-refractivity contribution in [3.05, 3.63) is 47.7 Å². The number of ether oxygens (including phenoxy) is 2. The van der Waals surface area contributed by atoms with Gasteiger partial charge in [-0.15, -0.1) is 0 Å². The van der Waals surface area contributed by atoms with E-state index < -0.39 is 36.8 Å². The van der Waals surface area contributed by atoms with Gasteiger partial charge in [0.2, 0.25) is 0 Å². The molecule has 1 saturated heterocycles. The van der Waals surface area contributed by atoms with Crippen molar-refractivity contribution in [1.29, 1.82) is 0 Å². The first-order valence-corrected chi connectivity index (χ1v) is 13.5. The lowest BCUT2D eigenvalue weighted by molar-refractivity contribution is -0.263. The van der Waals surface area contributed by atoms with E-state index in [2.05, 4.69) is 30.6 Å². The zero-order valence-corrected chi connectivity index (χ0v) is 25.7. The topological polar surface area (TPSA) is 128 Å². The highest BCUT2D eigenvalue weighted by Crippen LogP contribution is 2.32. The van der Waals surface area contributed by atoms with Gasteiger partial charge in [0.1, 0.15) is 5.69 Å². The van der Waals surface area contributed by atoms with Gasteiger partial charge in [0.25, 0.3) is 11.8 Å². The van der Waals surface area contributed by atoms with Gasteiger partial charge in [-0.3, -0.25) is 9.48 Å². The smallest absolute Gasteiger partial charge is 0.388 e. The summed E-state index contributed by atoms with van der Waals surface area (Å²) in [6.07, 6.45) is 0.246. The van der Waals surface area contributed by atoms with E-state index in [0.29, 0.717) is 22.6 Å². The predicted molar refractivity (Wildman–Crippen MR) is 150 cm³/mol. The number of carbonyl (C=O) groups is 2. The molecule has 0 unspecified atom stereocenters. The molecular formula is C27H39F5N8O4. The second kappa shape index (κ2) is 15.2. The Morgan fingerprint density at radius 1 is 1.20 bits per heavy atom. The fourth-order valence-electron chi connectivity index (χ4n) is 3.77. The van der Waals surface area contributed by atoms with E-state index in [1.54, 1.807) is 50.5 Å². The summed E-state index contributed by atoms with van der Waals surface area (Å²) in [6.45, 7) is 4.21. The third-order valence-electron chi connectivity index (χ3n) is 6.13. The van der Waals surface area contributed by atoms with Crippen LogP contribution in [0.25, 0.3) is 5.65 Å². The molecule has 0 aliphatic carbocycles. The Morgan fingerprint density at radius 3 is 2.45 bits per heavy atom. The van der Waals surface area contributed by atoms with E-state index in [4.69, 9.17) is 4.74 Å². The number of hydrogen-bond donors (Lipinski definition) is 2. The van der Waals surface area contributed by atoms with Gasteiger partial charge in [0.15, 0.2) is 11.2 Å². The van der Waals surface area contributed by atoms with Crippen LogP contribution in [0.3, 0.4) is 0 Å². The van der Waals surface area contributed by atoms with Gasteiger partial charge in [0.05, 0.1) is 37.8 Å². The number of aromatic nitrogens is 5. The van der Waals surface area contributed by atoms with Crippen LogP contribution in [0.4, 0.5) is 26.7 Å². The van der Waals surface area contributed by atoms with Gasteiger partial charge < -0.3 is 25.0 Å². The molecule has 4 rings (SSSR count). The zero-order valence-electron chi connectivity index (χ0n) is 25.7. The van der Waals surface area contributed by atoms with E-state index in [1.807, 2.05) is 13.8 Å². The molecule has 3 aromatic heterocycles. The quantitative estimate of drug-likeness (QED) is 0.360. The number of nitrogens with zero attached hydrogens (tertiary/aromatic N) is 6. The molecule has 4 heterocycles. The highest BCUT2D eigenvalue weighted by atomic mass is 19.4. The van der Waals surface area contributed by atoms with Gasteiger partial charge in [-0.25, -0.2) is 23.1 Å². The molecule has 44 heavy (non-hydrogen) atoms. The second-order valence-electron chi connectivity index (χ2n) is 10.6. The maximum Gasteiger partial charge on any atom is 0.416 e. The van der Waals surface area contributed by atoms with Crippen molar-refractivity contribution in [3.63, 3.8) is 0 Å². The fraction of sp³-hybridized carbons (Fsp3) is 0.593. The van der Waals surface area contributed by atoms with Crippen molar-refractivity contribution in [2.45, 2.75) is 64.4 Å². The number of rotatable bonds is 8. The van der Waals surface area contributed by atoms with Crippen LogP contribution in [0, 0.1) is 0 Å². The number of methoxy groups -OCH3 is 1. The summed E-state index contributed by atoms with van der Waals surface area (Å²) >= 11 is 0. The molecule has 0 atom stereocenters. The third kappa shape index (κ3) is 10.1. The van der Waals surface area contributed by atoms with Crippen molar-refractivity contribution in [3.8, 4) is 0 Å². The van der Waals surface area contributed by atoms with Crippen LogP contribution in [-0.2, 0) is 22.4 Å². The van der Waals surface area contributed by atoms with E-state index >= 15 is 0 Å². The fourth-order valence-corrected chi connectivity index (χ4v) is 3.77. The Balaban J connectivity index is 0.000000374. The molecule has 1 fully saturated rings. The first-order chi connectivity index (χ1) is 20.4. The average Bonchev–Trinajstić information content (AvgIpc) is 3.57. The van der Waals surface area contributed by atoms with Crippen LogP contribution in [0.1, 0.15) is 55.5 Å². The molecule has 1 aliphatic heterocycles. The summed E-state index contributed by atoms with van der Waals surface area (Å²) < 4.78 is 77.7. The molecule has 17 heteroatoms. The lowest BCUT2D eigenvalue weighted by atomic mass is 10.1. The molecule has 246 valence electrons. The van der Waals surface area contributed by atoms with Crippen LogP contribution in [-0.4, -0.2) is 99.9 Å². The number of hydrogen-bond acceptors (Lipinski definition) is 7. The first kappa shape index (κ1) is 36.3. The van der Waals surface area contributed by atoms with E-state index in [0.717, 1.165) is 18.7 Å². The Bertz CT molecular complexity index is 1370. The van der Waals surface area contributed by atoms with Crippen molar-refractivity contribution in [2.24, 2.45) is 0 Å². The normalized spacial score (nSPS) is 14.8. The number of urea groups is 1. The van der Waals surface area contributed by atoms with E-state index in [-0.39, 0.29) is 31.5 Å². The summed E-state index contributed by atoms with van der Waals surface area (Å²) in [7, 11) is 4.86. The summed E-state index contributed by atoms with van der Waals surface area (Å²) in [6, 6.07) is 2.91. The maximum absolute atomic E-state index is 13.5. The van der Waals surface area contributed by atoms with Crippen LogP contribution in [0.5, 0.6) is 0 Å². The standard InChI is InChI=1S/C17H20F5N5O2.C8H13N3O.C2H6O/c1-15(2,17(20,21)22)29-4-3-12-8-27-13(25-12)5-11(6-24-27)7-26-10-16(18,19)9-23-14(26)28;1-6(2)11-7(4-5-10-11)8(12)9-3;1-3-2/h5-6,8H,3-4,7,9-10H2,1-2H3,(H,23,28);4-6H,1-3H3,(H,9,12);1-2H3. The van der Waals surface area contributed by atoms with Crippen LogP contribution < -0.4 is 10.6 Å². The van der Waals surface area contributed by atoms with Gasteiger partial charge >= 0.3 is 12.2 Å². The second-order valence-corrected chi connectivity index (χ2v) is 10.6. The average molecular weight is 635 g/mol. The number of alkyl halides is 5. The van der Waals surface area contributed by atoms with Crippen LogP contribution >= 0.6 is 0 Å². The maximum atomic E-state index is 13.5. The number of carbonyl (C=O) groups excluding carboxylic acids is 2. The lowest BCUT2D eigenvalue weighted by Gasteiger charge is -2.32. The molecule has 1 aliphatic rings. The number of nitrogens with one attached hydrogen (secondary N) is 2. The highest BCUT2D eigenvalue weighted by molar-refractivity contribution is 5.92. The predicted octanol–water partition coefficient (Wildman–Crippen LogP) is 3.88. The number of amides is 3. The summed E-state index contributed by atoms with van der Waals surface area (Å²) in [5, 5.41) is 12.8. The van der Waals surface area contributed by atoms with E-state index in [1.165, 1.54) is 10.7 Å². The van der Waals surface area contributed by atoms with Crippen molar-refractivity contribution in [2.75, 3.05) is 41.0 Å². The van der Waals surface area contributed by atoms with Gasteiger partial charge in [-0.05, 0) is 45.4 Å². The molecule has 12 nitrogen and oxygen atoms in total. The summed E-state index contributed by atoms with van der Waals surface area (Å²) in [5.41, 5.74) is -0.314. The van der Waals surface area contributed by atoms with Crippen molar-refractivity contribution in [1.82, 2.24) is 39.9 Å². The molecule has 0 saturated carbocycles. The first-order valence-electron chi connectivity index (χ1n) is 13.5. The Kier molecular flexibility index (Phi) is 12.6. The number of fused-ring (bicyclic) bond motifs is 1. The lowest BCUT2D eigenvalue weighted by Crippen LogP contribution is -2.56. The Hall–Kier alpha value is -3.86. The molecular weight excluding hydrogens is 595 g/mol. The molecule has 0 spiro atoms. The Labute approximate surface area is 251 Å². The molecule has 0 radical (unpaired) electrons. The van der Waals surface area contributed by atoms with Crippen molar-refractivity contribution >= 4 is 17.6 Å². The zero-order chi connectivity index (χ0) is 33.3.